The van der Waals surface area contributed by atoms with Crippen LogP contribution in [0.2, 0.25) is 0 Å². The Balaban J connectivity index is 2.25. The van der Waals surface area contributed by atoms with E-state index < -0.39 is 12.0 Å². The molecule has 2 unspecified atom stereocenters. The molecule has 2 fully saturated rings. The number of amides is 2. The van der Waals surface area contributed by atoms with Crippen LogP contribution in [0.5, 0.6) is 0 Å². The van der Waals surface area contributed by atoms with Gasteiger partial charge in [-0.3, -0.25) is 14.5 Å². The predicted octanol–water partition coefficient (Wildman–Crippen LogP) is 3.44. The Hall–Kier alpha value is -1.89. The van der Waals surface area contributed by atoms with Crippen LogP contribution in [0.15, 0.2) is 11.6 Å². The number of piperidine rings is 1. The third kappa shape index (κ3) is 6.56. The van der Waals surface area contributed by atoms with E-state index in [1.165, 1.54) is 0 Å². The van der Waals surface area contributed by atoms with Crippen LogP contribution in [0.25, 0.3) is 0 Å². The van der Waals surface area contributed by atoms with E-state index in [1.807, 2.05) is 13.8 Å². The average molecular weight is 450 g/mol. The van der Waals surface area contributed by atoms with Crippen LogP contribution in [-0.4, -0.2) is 70.4 Å². The number of nitrogens with zero attached hydrogens (tertiary/aromatic N) is 2. The second-order valence-electron chi connectivity index (χ2n) is 10.2. The molecule has 0 aromatic rings. The fourth-order valence-electron chi connectivity index (χ4n) is 5.22. The maximum atomic E-state index is 13.7. The van der Waals surface area contributed by atoms with Crippen molar-refractivity contribution in [1.82, 2.24) is 15.1 Å². The molecular formula is C25H43N3O4. The quantitative estimate of drug-likeness (QED) is 0.526. The summed E-state index contributed by atoms with van der Waals surface area (Å²) in [6.45, 7) is 10.6. The number of carbonyl (C=O) groups excluding carboxylic acids is 2. The van der Waals surface area contributed by atoms with Crippen molar-refractivity contribution >= 4 is 17.8 Å². The molecule has 0 aromatic heterocycles. The Bertz CT molecular complexity index is 697. The fourth-order valence-corrected chi connectivity index (χ4v) is 5.22. The van der Waals surface area contributed by atoms with E-state index in [-0.39, 0.29) is 47.3 Å². The maximum Gasteiger partial charge on any atom is 0.331 e. The van der Waals surface area contributed by atoms with Crippen LogP contribution in [0.4, 0.5) is 0 Å². The monoisotopic (exact) mass is 449 g/mol. The second kappa shape index (κ2) is 11.8. The van der Waals surface area contributed by atoms with Crippen molar-refractivity contribution in [2.75, 3.05) is 13.6 Å². The van der Waals surface area contributed by atoms with Crippen molar-refractivity contribution in [2.24, 2.45) is 11.8 Å². The summed E-state index contributed by atoms with van der Waals surface area (Å²) in [5.74, 6) is -0.973. The molecule has 7 nitrogen and oxygen atoms in total. The first kappa shape index (κ1) is 26.4. The van der Waals surface area contributed by atoms with E-state index in [4.69, 9.17) is 0 Å². The van der Waals surface area contributed by atoms with Gasteiger partial charge in [0.05, 0.1) is 12.1 Å². The highest BCUT2D eigenvalue weighted by Crippen LogP contribution is 2.30. The Morgan fingerprint density at radius 2 is 1.62 bits per heavy atom. The van der Waals surface area contributed by atoms with Crippen LogP contribution in [0.1, 0.15) is 79.6 Å². The number of hydrogen-bond acceptors (Lipinski definition) is 4. The van der Waals surface area contributed by atoms with Gasteiger partial charge in [0.1, 0.15) is 6.04 Å². The number of hydrogen-bond donors (Lipinski definition) is 2. The molecule has 2 N–H and O–H groups in total. The molecule has 3 atom stereocenters. The van der Waals surface area contributed by atoms with Crippen LogP contribution in [-0.2, 0) is 14.4 Å². The summed E-state index contributed by atoms with van der Waals surface area (Å²) in [7, 11) is 1.73. The van der Waals surface area contributed by atoms with Gasteiger partial charge in [-0.15, -0.1) is 0 Å². The molecule has 2 amide bonds. The molecule has 1 saturated heterocycles. The van der Waals surface area contributed by atoms with Gasteiger partial charge in [0.15, 0.2) is 0 Å². The zero-order valence-corrected chi connectivity index (χ0v) is 20.8. The Labute approximate surface area is 193 Å². The average Bonchev–Trinajstić information content (AvgIpc) is 3.28. The summed E-state index contributed by atoms with van der Waals surface area (Å²) in [5, 5.41) is 12.5. The van der Waals surface area contributed by atoms with E-state index in [2.05, 4.69) is 24.1 Å². The van der Waals surface area contributed by atoms with Crippen molar-refractivity contribution in [1.29, 1.82) is 0 Å². The summed E-state index contributed by atoms with van der Waals surface area (Å²) < 4.78 is 0. The van der Waals surface area contributed by atoms with Gasteiger partial charge < -0.3 is 15.3 Å². The van der Waals surface area contributed by atoms with Crippen molar-refractivity contribution in [3.63, 3.8) is 0 Å². The minimum absolute atomic E-state index is 0.0459. The highest BCUT2D eigenvalue weighted by molar-refractivity contribution is 5.90. The number of likely N-dealkylation sites (tertiary alicyclic amines) is 1. The van der Waals surface area contributed by atoms with Crippen LogP contribution >= 0.6 is 0 Å². The topological polar surface area (TPSA) is 90.0 Å². The first-order valence-electron chi connectivity index (χ1n) is 12.3. The highest BCUT2D eigenvalue weighted by atomic mass is 16.4. The molecule has 0 spiro atoms. The Kier molecular flexibility index (Phi) is 9.74. The Morgan fingerprint density at radius 3 is 2.16 bits per heavy atom. The molecule has 32 heavy (non-hydrogen) atoms. The molecule has 7 heteroatoms. The van der Waals surface area contributed by atoms with Gasteiger partial charge >= 0.3 is 5.97 Å². The zero-order valence-electron chi connectivity index (χ0n) is 20.8. The van der Waals surface area contributed by atoms with Crippen molar-refractivity contribution in [3.05, 3.63) is 11.6 Å². The van der Waals surface area contributed by atoms with Gasteiger partial charge in [-0.05, 0) is 64.8 Å². The fraction of sp³-hybridized carbons (Fsp3) is 0.800. The van der Waals surface area contributed by atoms with E-state index in [9.17, 15) is 19.5 Å². The number of nitrogens with one attached hydrogen (secondary N) is 1. The smallest absolute Gasteiger partial charge is 0.331 e. The van der Waals surface area contributed by atoms with Gasteiger partial charge in [0.25, 0.3) is 0 Å². The summed E-state index contributed by atoms with van der Waals surface area (Å²) in [6, 6.07) is -0.823. The SMILES string of the molecule is C/C(=C\[C@H](C(C)C)N(C)C(=O)C(NC(=O)C1CCCCN1C(C)C)C1CCCC1)C(=O)O. The number of aliphatic carboxylic acids is 1. The molecule has 1 aliphatic heterocycles. The van der Waals surface area contributed by atoms with Crippen molar-refractivity contribution < 1.29 is 19.5 Å². The standard InChI is InChI=1S/C25H43N3O4/c1-16(2)21(15-18(5)25(31)32)27(6)24(30)22(19-11-7-8-12-19)26-23(29)20-13-9-10-14-28(20)17(3)4/h15-17,19-22H,7-14H2,1-6H3,(H,26,29)(H,31,32)/b18-15+/t20?,21-,22?/m1/s1. The molecule has 2 aliphatic rings. The lowest BCUT2D eigenvalue weighted by Gasteiger charge is -2.39. The highest BCUT2D eigenvalue weighted by Gasteiger charge is 2.39. The molecule has 0 bridgehead atoms. The van der Waals surface area contributed by atoms with Crippen LogP contribution in [0, 0.1) is 11.8 Å². The lowest BCUT2D eigenvalue weighted by Crippen LogP contribution is -2.59. The van der Waals surface area contributed by atoms with Crippen molar-refractivity contribution in [2.45, 2.75) is 104 Å². The van der Waals surface area contributed by atoms with E-state index in [0.29, 0.717) is 0 Å². The van der Waals surface area contributed by atoms with Gasteiger partial charge in [-0.2, -0.15) is 0 Å². The summed E-state index contributed by atoms with van der Waals surface area (Å²) >= 11 is 0. The molecule has 1 aliphatic carbocycles. The van der Waals surface area contributed by atoms with Crippen LogP contribution in [0.3, 0.4) is 0 Å². The second-order valence-corrected chi connectivity index (χ2v) is 10.2. The largest absolute Gasteiger partial charge is 0.478 e. The molecular weight excluding hydrogens is 406 g/mol. The lowest BCUT2D eigenvalue weighted by atomic mass is 9.93. The molecule has 0 radical (unpaired) electrons. The first-order chi connectivity index (χ1) is 15.0. The summed E-state index contributed by atoms with van der Waals surface area (Å²) in [4.78, 5) is 42.3. The number of rotatable bonds is 9. The Morgan fingerprint density at radius 1 is 1.03 bits per heavy atom. The number of likely N-dealkylation sites (N-methyl/N-ethyl adjacent to an activating group) is 1. The van der Waals surface area contributed by atoms with Gasteiger partial charge in [-0.1, -0.05) is 39.2 Å². The molecule has 182 valence electrons. The molecule has 1 saturated carbocycles. The third-order valence-corrected chi connectivity index (χ3v) is 7.18. The summed E-state index contributed by atoms with van der Waals surface area (Å²) in [5.41, 5.74) is 0.222. The van der Waals surface area contributed by atoms with E-state index >= 15 is 0 Å². The number of carboxylic acids is 1. The number of carbonyl (C=O) groups is 3. The maximum absolute atomic E-state index is 13.7. The predicted molar refractivity (Wildman–Crippen MR) is 126 cm³/mol. The van der Waals surface area contributed by atoms with E-state index in [0.717, 1.165) is 51.5 Å². The molecule has 2 rings (SSSR count). The summed E-state index contributed by atoms with van der Waals surface area (Å²) in [6.07, 6.45) is 8.60. The lowest BCUT2D eigenvalue weighted by molar-refractivity contribution is -0.140. The zero-order chi connectivity index (χ0) is 24.0. The third-order valence-electron chi connectivity index (χ3n) is 7.18. The molecule has 0 aromatic carbocycles. The van der Waals surface area contributed by atoms with Crippen LogP contribution < -0.4 is 5.32 Å². The van der Waals surface area contributed by atoms with Gasteiger partial charge in [0, 0.05) is 18.7 Å². The van der Waals surface area contributed by atoms with Gasteiger partial charge in [-0.25, -0.2) is 4.79 Å². The van der Waals surface area contributed by atoms with Gasteiger partial charge in [0.2, 0.25) is 11.8 Å². The first-order valence-corrected chi connectivity index (χ1v) is 12.3. The van der Waals surface area contributed by atoms with E-state index in [1.54, 1.807) is 24.9 Å². The van der Waals surface area contributed by atoms with Crippen molar-refractivity contribution in [3.8, 4) is 0 Å². The number of carboxylic acid groups (broad SMARTS) is 1. The normalized spacial score (nSPS) is 22.8. The molecule has 1 heterocycles. The minimum Gasteiger partial charge on any atom is -0.478 e. The minimum atomic E-state index is -0.983.